The van der Waals surface area contributed by atoms with Gasteiger partial charge in [0.05, 0.1) is 6.10 Å². The Morgan fingerprint density at radius 3 is 2.27 bits per heavy atom. The fourth-order valence-electron chi connectivity index (χ4n) is 7.39. The Bertz CT molecular complexity index is 1060. The number of aliphatic hydroxyl groups excluding tert-OH is 1. The third-order valence-electron chi connectivity index (χ3n) is 9.46. The van der Waals surface area contributed by atoms with E-state index in [2.05, 4.69) is 85.7 Å². The van der Waals surface area contributed by atoms with E-state index in [1.165, 1.54) is 25.0 Å². The molecule has 0 bridgehead atoms. The molecule has 4 nitrogen and oxygen atoms in total. The van der Waals surface area contributed by atoms with E-state index in [0.29, 0.717) is 30.3 Å². The van der Waals surface area contributed by atoms with Gasteiger partial charge >= 0.3 is 0 Å². The zero-order valence-corrected chi connectivity index (χ0v) is 25.6. The number of hydrogen-bond acceptors (Lipinski definition) is 4. The second-order valence-electron chi connectivity index (χ2n) is 12.5. The fraction of sp³-hybridized carbons (Fsp3) is 0.595. The van der Waals surface area contributed by atoms with Gasteiger partial charge in [-0.15, -0.1) is 0 Å². The molecule has 4 aliphatic rings. The van der Waals surface area contributed by atoms with Crippen LogP contribution in [0.3, 0.4) is 0 Å². The second-order valence-corrected chi connectivity index (χ2v) is 12.5. The van der Waals surface area contributed by atoms with Gasteiger partial charge in [-0.1, -0.05) is 67.7 Å². The van der Waals surface area contributed by atoms with Crippen molar-refractivity contribution in [3.8, 4) is 0 Å². The molecule has 5 atom stereocenters. The number of carbonyl (C=O) groups excluding carboxylic acids is 1. The van der Waals surface area contributed by atoms with E-state index in [1.54, 1.807) is 0 Å². The van der Waals surface area contributed by atoms with Crippen molar-refractivity contribution < 1.29 is 14.6 Å². The summed E-state index contributed by atoms with van der Waals surface area (Å²) in [7, 11) is 2.15. The number of carbonyl (C=O) groups is 1. The molecule has 1 saturated carbocycles. The molecule has 41 heavy (non-hydrogen) atoms. The molecule has 2 heterocycles. The summed E-state index contributed by atoms with van der Waals surface area (Å²) < 4.78 is 6.45. The first kappa shape index (κ1) is 31.3. The maximum Gasteiger partial charge on any atom is 0.133 e. The van der Waals surface area contributed by atoms with Gasteiger partial charge in [-0.2, -0.15) is 0 Å². The fourth-order valence-corrected chi connectivity index (χ4v) is 7.39. The Labute approximate surface area is 249 Å². The van der Waals surface area contributed by atoms with Gasteiger partial charge in [-0.25, -0.2) is 0 Å². The van der Waals surface area contributed by atoms with Crippen molar-refractivity contribution in [1.82, 2.24) is 4.90 Å². The third-order valence-corrected chi connectivity index (χ3v) is 9.46. The normalized spacial score (nSPS) is 29.4. The summed E-state index contributed by atoms with van der Waals surface area (Å²) in [5, 5.41) is 10.5. The number of aliphatic hydroxyl groups is 1. The number of likely N-dealkylation sites (tertiary alicyclic amines) is 1. The quantitative estimate of drug-likeness (QED) is 0.143. The Balaban J connectivity index is 1.04. The van der Waals surface area contributed by atoms with E-state index in [0.717, 1.165) is 64.3 Å². The van der Waals surface area contributed by atoms with Crippen molar-refractivity contribution in [2.75, 3.05) is 13.6 Å². The summed E-state index contributed by atoms with van der Waals surface area (Å²) in [4.78, 5) is 15.1. The van der Waals surface area contributed by atoms with Crippen LogP contribution in [0.4, 0.5) is 0 Å². The SMILES string of the molecule is CC/C=C\C/C=C\C/C=C\CCCC/C=C\C/C=C\CCC(=O)CC1CC2OC3C(O)=CC=C4C3C2(CCN4C)C1. The molecule has 1 N–H and O–H groups in total. The third kappa shape index (κ3) is 8.47. The van der Waals surface area contributed by atoms with Crippen LogP contribution in [0.1, 0.15) is 96.8 Å². The minimum Gasteiger partial charge on any atom is -0.510 e. The molecule has 0 amide bonds. The monoisotopic (exact) mass is 559 g/mol. The van der Waals surface area contributed by atoms with Crippen molar-refractivity contribution in [3.63, 3.8) is 0 Å². The van der Waals surface area contributed by atoms with Gasteiger partial charge in [-0.05, 0) is 95.1 Å². The van der Waals surface area contributed by atoms with Gasteiger partial charge in [0, 0.05) is 43.5 Å². The lowest BCUT2D eigenvalue weighted by Crippen LogP contribution is -2.47. The van der Waals surface area contributed by atoms with Crippen LogP contribution in [0.2, 0.25) is 0 Å². The maximum atomic E-state index is 12.8. The average molecular weight is 560 g/mol. The van der Waals surface area contributed by atoms with Crippen LogP contribution < -0.4 is 0 Å². The highest BCUT2D eigenvalue weighted by atomic mass is 16.5. The molecule has 0 radical (unpaired) electrons. The number of allylic oxidation sites excluding steroid dienone is 12. The Kier molecular flexibility index (Phi) is 12.4. The van der Waals surface area contributed by atoms with Crippen LogP contribution in [-0.2, 0) is 9.53 Å². The van der Waals surface area contributed by atoms with Crippen molar-refractivity contribution in [3.05, 3.63) is 84.4 Å². The molecule has 0 aromatic heterocycles. The summed E-state index contributed by atoms with van der Waals surface area (Å²) in [6.45, 7) is 3.19. The first-order valence-corrected chi connectivity index (χ1v) is 16.3. The highest BCUT2D eigenvalue weighted by molar-refractivity contribution is 5.78. The molecular weight excluding hydrogens is 506 g/mol. The summed E-state index contributed by atoms with van der Waals surface area (Å²) in [5.41, 5.74) is 1.39. The molecular formula is C37H53NO3. The van der Waals surface area contributed by atoms with E-state index < -0.39 is 0 Å². The van der Waals surface area contributed by atoms with E-state index in [-0.39, 0.29) is 23.5 Å². The van der Waals surface area contributed by atoms with Crippen LogP contribution >= 0.6 is 0 Å². The molecule has 4 heteroatoms. The number of ether oxygens (including phenoxy) is 1. The minimum atomic E-state index is -0.198. The molecule has 5 unspecified atom stereocenters. The lowest BCUT2D eigenvalue weighted by Gasteiger charge is -2.46. The lowest BCUT2D eigenvalue weighted by molar-refractivity contribution is -0.120. The van der Waals surface area contributed by atoms with E-state index in [4.69, 9.17) is 4.74 Å². The summed E-state index contributed by atoms with van der Waals surface area (Å²) in [6.07, 6.45) is 40.4. The number of rotatable bonds is 17. The van der Waals surface area contributed by atoms with Gasteiger partial charge in [-0.3, -0.25) is 4.79 Å². The van der Waals surface area contributed by atoms with Crippen molar-refractivity contribution in [2.24, 2.45) is 17.3 Å². The molecule has 224 valence electrons. The van der Waals surface area contributed by atoms with Crippen LogP contribution in [0.25, 0.3) is 0 Å². The zero-order chi connectivity index (χ0) is 28.9. The highest BCUT2D eigenvalue weighted by Crippen LogP contribution is 2.63. The predicted octanol–water partition coefficient (Wildman–Crippen LogP) is 9.10. The van der Waals surface area contributed by atoms with Gasteiger partial charge in [0.1, 0.15) is 17.6 Å². The average Bonchev–Trinajstić information content (AvgIpc) is 3.45. The Morgan fingerprint density at radius 2 is 1.59 bits per heavy atom. The number of hydrogen-bond donors (Lipinski definition) is 1. The lowest BCUT2D eigenvalue weighted by atomic mass is 9.64. The molecule has 2 saturated heterocycles. The molecule has 1 spiro atoms. The van der Waals surface area contributed by atoms with Crippen LogP contribution in [0.15, 0.2) is 84.4 Å². The standard InChI is InChI=1S/C37H53NO3/c1-3-4-5-6-7-8-9-10-11-12-13-14-15-16-17-18-19-20-21-22-31(39)27-30-28-34-37(29-30)25-26-38(2)32-23-24-33(40)36(41-34)35(32)37/h4-5,7-8,10-11,16-17,19-20,23-24,30,34-36,40H,3,6,9,12-15,18,21-22,25-29H2,1-2H3/b5-4-,8-7-,11-10-,17-16-,20-19-. The Hall–Kier alpha value is -2.59. The summed E-state index contributed by atoms with van der Waals surface area (Å²) in [5.74, 6) is 1.39. The van der Waals surface area contributed by atoms with Crippen molar-refractivity contribution >= 4 is 5.78 Å². The van der Waals surface area contributed by atoms with E-state index in [9.17, 15) is 9.90 Å². The summed E-state index contributed by atoms with van der Waals surface area (Å²) in [6, 6.07) is 0. The summed E-state index contributed by atoms with van der Waals surface area (Å²) >= 11 is 0. The predicted molar refractivity (Wildman–Crippen MR) is 171 cm³/mol. The van der Waals surface area contributed by atoms with E-state index in [1.807, 2.05) is 6.08 Å². The molecule has 3 fully saturated rings. The number of ketones is 1. The number of unbranched alkanes of at least 4 members (excludes halogenated alkanes) is 3. The van der Waals surface area contributed by atoms with Crippen molar-refractivity contribution in [1.29, 1.82) is 0 Å². The van der Waals surface area contributed by atoms with Crippen LogP contribution in [0, 0.1) is 17.3 Å². The minimum absolute atomic E-state index is 0.0855. The van der Waals surface area contributed by atoms with Crippen molar-refractivity contribution in [2.45, 2.75) is 109 Å². The van der Waals surface area contributed by atoms with Gasteiger partial charge < -0.3 is 14.7 Å². The van der Waals surface area contributed by atoms with E-state index >= 15 is 0 Å². The largest absolute Gasteiger partial charge is 0.510 e. The second kappa shape index (κ2) is 16.2. The van der Waals surface area contributed by atoms with Gasteiger partial charge in [0.25, 0.3) is 0 Å². The number of nitrogens with zero attached hydrogens (tertiary/aromatic N) is 1. The molecule has 0 aromatic rings. The van der Waals surface area contributed by atoms with Crippen LogP contribution in [-0.4, -0.2) is 41.6 Å². The molecule has 2 aliphatic heterocycles. The first-order valence-electron chi connectivity index (χ1n) is 16.3. The smallest absolute Gasteiger partial charge is 0.133 e. The first-order chi connectivity index (χ1) is 20.0. The molecule has 0 aromatic carbocycles. The topological polar surface area (TPSA) is 49.8 Å². The maximum absolute atomic E-state index is 12.8. The number of piperidine rings is 1. The highest BCUT2D eigenvalue weighted by Gasteiger charge is 2.64. The molecule has 2 aliphatic carbocycles. The Morgan fingerprint density at radius 1 is 0.951 bits per heavy atom. The molecule has 4 rings (SSSR count). The van der Waals surface area contributed by atoms with Gasteiger partial charge in [0.2, 0.25) is 0 Å². The zero-order valence-electron chi connectivity index (χ0n) is 25.6. The number of Topliss-reactive ketones (excluding diaryl/α,β-unsaturated/α-hetero) is 1. The van der Waals surface area contributed by atoms with Crippen LogP contribution in [0.5, 0.6) is 0 Å². The van der Waals surface area contributed by atoms with Gasteiger partial charge in [0.15, 0.2) is 0 Å².